The van der Waals surface area contributed by atoms with E-state index >= 15 is 0 Å². The molecule has 1 heterocycles. The highest BCUT2D eigenvalue weighted by molar-refractivity contribution is 5.75. The van der Waals surface area contributed by atoms with E-state index in [1.54, 1.807) is 0 Å². The molecule has 0 unspecified atom stereocenters. The topological polar surface area (TPSA) is 35.6 Å². The highest BCUT2D eigenvalue weighted by Gasteiger charge is 2.13. The van der Waals surface area contributed by atoms with E-state index in [1.165, 1.54) is 0 Å². The van der Waals surface area contributed by atoms with Gasteiger partial charge in [0, 0.05) is 45.7 Å². The van der Waals surface area contributed by atoms with Crippen molar-refractivity contribution in [1.29, 1.82) is 0 Å². The number of rotatable bonds is 4. The van der Waals surface area contributed by atoms with Gasteiger partial charge in [0.15, 0.2) is 0 Å². The molecular weight excluding hydrogens is 178 g/mol. The van der Waals surface area contributed by atoms with Crippen LogP contribution in [-0.4, -0.2) is 62.0 Å². The lowest BCUT2D eigenvalue weighted by atomic mass is 10.3. The molecule has 1 N–H and O–H groups in total. The zero-order valence-corrected chi connectivity index (χ0v) is 9.25. The van der Waals surface area contributed by atoms with Crippen molar-refractivity contribution in [1.82, 2.24) is 15.1 Å². The minimum Gasteiger partial charge on any atom is -0.356 e. The standard InChI is InChI=1S/C10H21N3O/c1-3-11-10(14)4-5-13-8-6-12(2)7-9-13/h3-9H2,1-2H3,(H,11,14). The molecule has 4 nitrogen and oxygen atoms in total. The van der Waals surface area contributed by atoms with Crippen molar-refractivity contribution in [2.24, 2.45) is 0 Å². The van der Waals surface area contributed by atoms with Gasteiger partial charge in [0.05, 0.1) is 0 Å². The van der Waals surface area contributed by atoms with Gasteiger partial charge in [0.25, 0.3) is 0 Å². The Balaban J connectivity index is 2.09. The molecule has 1 rings (SSSR count). The van der Waals surface area contributed by atoms with Crippen molar-refractivity contribution in [3.05, 3.63) is 0 Å². The summed E-state index contributed by atoms with van der Waals surface area (Å²) in [6.45, 7) is 8.02. The Kier molecular flexibility index (Phi) is 4.90. The fourth-order valence-electron chi connectivity index (χ4n) is 1.62. The van der Waals surface area contributed by atoms with Crippen LogP contribution in [0.15, 0.2) is 0 Å². The smallest absolute Gasteiger partial charge is 0.221 e. The normalized spacial score (nSPS) is 19.6. The van der Waals surface area contributed by atoms with Crippen molar-refractivity contribution >= 4 is 5.91 Å². The molecule has 0 aromatic rings. The third-order valence-electron chi connectivity index (χ3n) is 2.62. The number of likely N-dealkylation sites (N-methyl/N-ethyl adjacent to an activating group) is 1. The Morgan fingerprint density at radius 3 is 2.50 bits per heavy atom. The molecule has 0 bridgehead atoms. The van der Waals surface area contributed by atoms with Gasteiger partial charge in [-0.05, 0) is 14.0 Å². The minimum atomic E-state index is 0.173. The second-order valence-corrected chi connectivity index (χ2v) is 3.85. The summed E-state index contributed by atoms with van der Waals surface area (Å²) in [5.74, 6) is 0.173. The molecule has 0 radical (unpaired) electrons. The minimum absolute atomic E-state index is 0.173. The van der Waals surface area contributed by atoms with Gasteiger partial charge in [-0.3, -0.25) is 4.79 Å². The second kappa shape index (κ2) is 5.98. The monoisotopic (exact) mass is 199 g/mol. The molecule has 14 heavy (non-hydrogen) atoms. The predicted octanol–water partition coefficient (Wildman–Crippen LogP) is -0.240. The Bertz CT molecular complexity index is 176. The predicted molar refractivity (Wildman–Crippen MR) is 57.2 cm³/mol. The summed E-state index contributed by atoms with van der Waals surface area (Å²) in [5, 5.41) is 2.82. The van der Waals surface area contributed by atoms with Gasteiger partial charge in [-0.15, -0.1) is 0 Å². The highest BCUT2D eigenvalue weighted by Crippen LogP contribution is 1.99. The Hall–Kier alpha value is -0.610. The SMILES string of the molecule is CCNC(=O)CCN1CCN(C)CC1. The van der Waals surface area contributed by atoms with Gasteiger partial charge < -0.3 is 15.1 Å². The molecule has 0 aromatic heterocycles. The Morgan fingerprint density at radius 1 is 1.29 bits per heavy atom. The first-order valence-electron chi connectivity index (χ1n) is 5.40. The number of carbonyl (C=O) groups excluding carboxylic acids is 1. The Morgan fingerprint density at radius 2 is 1.93 bits per heavy atom. The first-order valence-corrected chi connectivity index (χ1v) is 5.40. The molecule has 1 fully saturated rings. The fourth-order valence-corrected chi connectivity index (χ4v) is 1.62. The van der Waals surface area contributed by atoms with E-state index in [0.29, 0.717) is 6.42 Å². The molecule has 0 atom stereocenters. The maximum atomic E-state index is 11.2. The summed E-state index contributed by atoms with van der Waals surface area (Å²) in [7, 11) is 2.14. The van der Waals surface area contributed by atoms with Gasteiger partial charge in [-0.1, -0.05) is 0 Å². The maximum Gasteiger partial charge on any atom is 0.221 e. The number of amides is 1. The lowest BCUT2D eigenvalue weighted by Gasteiger charge is -2.32. The van der Waals surface area contributed by atoms with Crippen molar-refractivity contribution < 1.29 is 4.79 Å². The van der Waals surface area contributed by atoms with E-state index in [-0.39, 0.29) is 5.91 Å². The summed E-state index contributed by atoms with van der Waals surface area (Å²) >= 11 is 0. The van der Waals surface area contributed by atoms with Crippen LogP contribution in [0.2, 0.25) is 0 Å². The van der Waals surface area contributed by atoms with Crippen molar-refractivity contribution in [3.8, 4) is 0 Å². The van der Waals surface area contributed by atoms with E-state index in [9.17, 15) is 4.79 Å². The van der Waals surface area contributed by atoms with Gasteiger partial charge in [-0.2, -0.15) is 0 Å². The largest absolute Gasteiger partial charge is 0.356 e. The van der Waals surface area contributed by atoms with Crippen LogP contribution in [-0.2, 0) is 4.79 Å². The molecular formula is C10H21N3O. The van der Waals surface area contributed by atoms with Gasteiger partial charge in [0.2, 0.25) is 5.91 Å². The van der Waals surface area contributed by atoms with Gasteiger partial charge >= 0.3 is 0 Å². The lowest BCUT2D eigenvalue weighted by Crippen LogP contribution is -2.45. The number of nitrogens with zero attached hydrogens (tertiary/aromatic N) is 2. The van der Waals surface area contributed by atoms with Gasteiger partial charge in [-0.25, -0.2) is 0 Å². The van der Waals surface area contributed by atoms with E-state index in [2.05, 4.69) is 22.2 Å². The molecule has 82 valence electrons. The zero-order valence-electron chi connectivity index (χ0n) is 9.25. The first kappa shape index (κ1) is 11.5. The van der Waals surface area contributed by atoms with Crippen LogP contribution in [0, 0.1) is 0 Å². The van der Waals surface area contributed by atoms with E-state index in [0.717, 1.165) is 39.3 Å². The van der Waals surface area contributed by atoms with Crippen molar-refractivity contribution in [2.45, 2.75) is 13.3 Å². The first-order chi connectivity index (χ1) is 6.72. The third-order valence-corrected chi connectivity index (χ3v) is 2.62. The number of hydrogen-bond donors (Lipinski definition) is 1. The average molecular weight is 199 g/mol. The molecule has 0 aliphatic carbocycles. The molecule has 1 aliphatic heterocycles. The summed E-state index contributed by atoms with van der Waals surface area (Å²) in [6, 6.07) is 0. The molecule has 0 aromatic carbocycles. The maximum absolute atomic E-state index is 11.2. The number of carbonyl (C=O) groups is 1. The van der Waals surface area contributed by atoms with Crippen LogP contribution in [0.25, 0.3) is 0 Å². The highest BCUT2D eigenvalue weighted by atomic mass is 16.1. The quantitative estimate of drug-likeness (QED) is 0.679. The van der Waals surface area contributed by atoms with E-state index in [1.807, 2.05) is 6.92 Å². The van der Waals surface area contributed by atoms with Crippen LogP contribution in [0.3, 0.4) is 0 Å². The molecule has 1 amide bonds. The van der Waals surface area contributed by atoms with Crippen LogP contribution in [0.5, 0.6) is 0 Å². The second-order valence-electron chi connectivity index (χ2n) is 3.85. The van der Waals surface area contributed by atoms with Crippen molar-refractivity contribution in [3.63, 3.8) is 0 Å². The van der Waals surface area contributed by atoms with Crippen molar-refractivity contribution in [2.75, 3.05) is 46.3 Å². The Labute approximate surface area is 86.2 Å². The van der Waals surface area contributed by atoms with E-state index in [4.69, 9.17) is 0 Å². The van der Waals surface area contributed by atoms with Crippen LogP contribution < -0.4 is 5.32 Å². The lowest BCUT2D eigenvalue weighted by molar-refractivity contribution is -0.121. The average Bonchev–Trinajstić information content (AvgIpc) is 2.17. The summed E-state index contributed by atoms with van der Waals surface area (Å²) in [4.78, 5) is 15.9. The molecule has 1 saturated heterocycles. The van der Waals surface area contributed by atoms with E-state index < -0.39 is 0 Å². The molecule has 0 saturated carbocycles. The number of piperazine rings is 1. The zero-order chi connectivity index (χ0) is 10.4. The van der Waals surface area contributed by atoms with Crippen LogP contribution in [0.1, 0.15) is 13.3 Å². The fraction of sp³-hybridized carbons (Fsp3) is 0.900. The number of nitrogens with one attached hydrogen (secondary N) is 1. The summed E-state index contributed by atoms with van der Waals surface area (Å²) in [6.07, 6.45) is 0.636. The molecule has 0 spiro atoms. The summed E-state index contributed by atoms with van der Waals surface area (Å²) < 4.78 is 0. The molecule has 4 heteroatoms. The third kappa shape index (κ3) is 4.07. The number of hydrogen-bond acceptors (Lipinski definition) is 3. The van der Waals surface area contributed by atoms with Crippen LogP contribution >= 0.6 is 0 Å². The summed E-state index contributed by atoms with van der Waals surface area (Å²) in [5.41, 5.74) is 0. The van der Waals surface area contributed by atoms with Gasteiger partial charge in [0.1, 0.15) is 0 Å². The molecule has 1 aliphatic rings. The van der Waals surface area contributed by atoms with Crippen LogP contribution in [0.4, 0.5) is 0 Å².